The van der Waals surface area contributed by atoms with Crippen LogP contribution in [0.5, 0.6) is 0 Å². The van der Waals surface area contributed by atoms with Crippen molar-refractivity contribution in [3.63, 3.8) is 0 Å². The largest absolute Gasteiger partial charge is 0.472 e. The number of esters is 4. The first kappa shape index (κ1) is 93.2. The minimum Gasteiger partial charge on any atom is -0.462 e. The van der Waals surface area contributed by atoms with Gasteiger partial charge in [0, 0.05) is 19.3 Å². The molecule has 0 fully saturated rings. The van der Waals surface area contributed by atoms with E-state index in [-0.39, 0.29) is 25.7 Å². The number of aliphatic hydroxyl groups is 1. The number of ether oxygens (including phenoxy) is 4. The summed E-state index contributed by atoms with van der Waals surface area (Å²) in [5.41, 5.74) is 0. The van der Waals surface area contributed by atoms with Gasteiger partial charge >= 0.3 is 39.5 Å². The Morgan fingerprint density at radius 1 is 0.306 bits per heavy atom. The van der Waals surface area contributed by atoms with Gasteiger partial charge in [-0.2, -0.15) is 0 Å². The van der Waals surface area contributed by atoms with Gasteiger partial charge in [-0.25, -0.2) is 9.13 Å². The molecule has 5 unspecified atom stereocenters. The van der Waals surface area contributed by atoms with Crippen molar-refractivity contribution in [1.82, 2.24) is 0 Å². The van der Waals surface area contributed by atoms with Crippen LogP contribution in [-0.2, 0) is 65.4 Å². The van der Waals surface area contributed by atoms with Crippen LogP contribution in [0.2, 0.25) is 0 Å². The van der Waals surface area contributed by atoms with Gasteiger partial charge in [-0.3, -0.25) is 37.3 Å². The Labute approximate surface area is 593 Å². The van der Waals surface area contributed by atoms with Gasteiger partial charge in [-0.1, -0.05) is 251 Å². The summed E-state index contributed by atoms with van der Waals surface area (Å²) >= 11 is 0. The number of carbonyl (C=O) groups excluding carboxylic acids is 4. The fourth-order valence-corrected chi connectivity index (χ4v) is 11.0. The minimum absolute atomic E-state index is 0.0554. The van der Waals surface area contributed by atoms with Gasteiger partial charge in [0.1, 0.15) is 19.3 Å². The lowest BCUT2D eigenvalue weighted by Crippen LogP contribution is -2.30. The monoisotopic (exact) mass is 1410 g/mol. The van der Waals surface area contributed by atoms with Crippen LogP contribution >= 0.6 is 15.6 Å². The molecule has 0 aliphatic heterocycles. The van der Waals surface area contributed by atoms with Gasteiger partial charge in [-0.15, -0.1) is 0 Å². The highest BCUT2D eigenvalue weighted by atomic mass is 31.2. The van der Waals surface area contributed by atoms with Gasteiger partial charge < -0.3 is 33.8 Å². The number of unbranched alkanes of at least 4 members (excludes halogenated alkanes) is 22. The lowest BCUT2D eigenvalue weighted by Gasteiger charge is -2.21. The average Bonchev–Trinajstić information content (AvgIpc) is 0.959. The number of hydrogen-bond donors (Lipinski definition) is 3. The number of carbonyl (C=O) groups is 4. The number of rotatable bonds is 69. The maximum absolute atomic E-state index is 13.1. The SMILES string of the molecule is CC/C=C\C/C=C\C/C=C\C/C=C\C/C=C\CC(=O)OCC(COP(=O)(O)OCC(O)COP(=O)(O)OCC(COC(=O)CCCCCCC/C=C\C/C=C\CCCCC)OC(=O)CCCCCCC/C=C\C/C=C\CCCCC)OC(=O)CCCCCCC/C=C\C/C=C\CCC. The Hall–Kier alpha value is -4.80. The number of hydrogen-bond acceptors (Lipinski definition) is 15. The third-order valence-corrected chi connectivity index (χ3v) is 17.0. The van der Waals surface area contributed by atoms with Gasteiger partial charge in [0.25, 0.3) is 0 Å². The Bertz CT molecular complexity index is 2380. The Kier molecular flexibility index (Phi) is 67.2. The van der Waals surface area contributed by atoms with Crippen molar-refractivity contribution in [1.29, 1.82) is 0 Å². The first-order valence-electron chi connectivity index (χ1n) is 37.4. The van der Waals surface area contributed by atoms with E-state index in [0.717, 1.165) is 167 Å². The first-order chi connectivity index (χ1) is 47.7. The second-order valence-corrected chi connectivity index (χ2v) is 27.4. The summed E-state index contributed by atoms with van der Waals surface area (Å²) in [5, 5.41) is 10.6. The number of phosphoric acid groups is 2. The highest BCUT2D eigenvalue weighted by Crippen LogP contribution is 2.45. The summed E-state index contributed by atoms with van der Waals surface area (Å²) in [6, 6.07) is 0. The van der Waals surface area contributed by atoms with E-state index in [2.05, 4.69) is 137 Å². The van der Waals surface area contributed by atoms with E-state index in [1.165, 1.54) is 38.5 Å². The summed E-state index contributed by atoms with van der Waals surface area (Å²) in [5.74, 6) is -2.37. The van der Waals surface area contributed by atoms with Crippen molar-refractivity contribution < 1.29 is 80.2 Å². The van der Waals surface area contributed by atoms with Gasteiger partial charge in [0.05, 0.1) is 32.8 Å². The molecule has 0 amide bonds. The summed E-state index contributed by atoms with van der Waals surface area (Å²) in [6.07, 6.45) is 77.6. The molecule has 0 radical (unpaired) electrons. The van der Waals surface area contributed by atoms with Crippen LogP contribution in [0.25, 0.3) is 0 Å². The summed E-state index contributed by atoms with van der Waals surface area (Å²) in [7, 11) is -9.99. The van der Waals surface area contributed by atoms with E-state index >= 15 is 0 Å². The molecule has 0 bridgehead atoms. The van der Waals surface area contributed by atoms with E-state index in [1.807, 2.05) is 18.2 Å². The molecule has 5 atom stereocenters. The lowest BCUT2D eigenvalue weighted by atomic mass is 10.1. The predicted molar refractivity (Wildman–Crippen MR) is 399 cm³/mol. The zero-order chi connectivity index (χ0) is 71.8. The van der Waals surface area contributed by atoms with Crippen LogP contribution in [0.3, 0.4) is 0 Å². The molecule has 0 aliphatic rings. The van der Waals surface area contributed by atoms with Crippen LogP contribution in [0.1, 0.15) is 285 Å². The molecule has 0 saturated heterocycles. The number of phosphoric ester groups is 2. The fraction of sp³-hybridized carbons (Fsp3) is 0.671. The molecule has 0 spiro atoms. The van der Waals surface area contributed by atoms with Crippen LogP contribution in [-0.4, -0.2) is 96.7 Å². The Morgan fingerprint density at radius 3 is 0.949 bits per heavy atom. The zero-order valence-electron chi connectivity index (χ0n) is 60.9. The normalized spacial score (nSPS) is 14.7. The molecule has 17 nitrogen and oxygen atoms in total. The van der Waals surface area contributed by atoms with E-state index in [4.69, 9.17) is 37.0 Å². The quantitative estimate of drug-likeness (QED) is 0.0169. The van der Waals surface area contributed by atoms with Crippen molar-refractivity contribution >= 4 is 39.5 Å². The predicted octanol–water partition coefficient (Wildman–Crippen LogP) is 21.3. The maximum Gasteiger partial charge on any atom is 0.472 e. The topological polar surface area (TPSA) is 237 Å². The van der Waals surface area contributed by atoms with Crippen molar-refractivity contribution in [3.8, 4) is 0 Å². The molecule has 560 valence electrons. The number of aliphatic hydroxyl groups excluding tert-OH is 1. The second-order valence-electron chi connectivity index (χ2n) is 24.5. The van der Waals surface area contributed by atoms with E-state index in [9.17, 15) is 43.2 Å². The lowest BCUT2D eigenvalue weighted by molar-refractivity contribution is -0.161. The van der Waals surface area contributed by atoms with Crippen LogP contribution in [0.15, 0.2) is 134 Å². The van der Waals surface area contributed by atoms with Crippen molar-refractivity contribution in [2.24, 2.45) is 0 Å². The molecule has 0 aromatic rings. The fourth-order valence-electron chi connectivity index (χ4n) is 9.39. The third kappa shape index (κ3) is 69.7. The molecule has 0 heterocycles. The molecule has 0 aromatic heterocycles. The van der Waals surface area contributed by atoms with Crippen LogP contribution in [0, 0.1) is 0 Å². The zero-order valence-corrected chi connectivity index (χ0v) is 62.7. The van der Waals surface area contributed by atoms with E-state index in [1.54, 1.807) is 6.08 Å². The van der Waals surface area contributed by atoms with Crippen LogP contribution < -0.4 is 0 Å². The van der Waals surface area contributed by atoms with Gasteiger partial charge in [-0.05, 0) is 141 Å². The van der Waals surface area contributed by atoms with E-state index < -0.39 is 97.5 Å². The molecular weight excluding hydrogens is 1280 g/mol. The summed E-state index contributed by atoms with van der Waals surface area (Å²) < 4.78 is 68.3. The molecule has 19 heteroatoms. The highest BCUT2D eigenvalue weighted by molar-refractivity contribution is 7.47. The van der Waals surface area contributed by atoms with Crippen molar-refractivity contribution in [2.45, 2.75) is 303 Å². The van der Waals surface area contributed by atoms with Gasteiger partial charge in [0.15, 0.2) is 12.2 Å². The Balaban J connectivity index is 5.45. The standard InChI is InChI=1S/C79H132O17P2/c1-5-9-13-17-21-25-29-33-36-40-43-47-51-55-59-63-76(81)89-69-74(95-78(83)65-61-57-53-49-45-39-32-28-24-20-16-12-8-4)71-93-97(85,86)91-67-73(80)68-92-98(87,88)94-72-75(96-79(84)66-62-58-54-50-46-42-38-35-31-27-23-19-15-11-7-3)70-90-77(82)64-60-56-52-48-44-41-37-34-30-26-22-18-14-10-6-2/h9,13,16,20-23,25-28,32-38,43,47,55,59,73-75,80H,5-8,10-12,14-15,17-19,24,29-31,39-42,44-46,48-54,56-58,60-72H2,1-4H3,(H,85,86)(H,87,88)/b13-9-,20-16-,25-21-,26-22-,27-23-,32-28-,36-33-,37-34-,38-35-,47-43-,59-55-. The summed E-state index contributed by atoms with van der Waals surface area (Å²) in [6.45, 7) is 4.46. The van der Waals surface area contributed by atoms with Crippen molar-refractivity contribution in [3.05, 3.63) is 134 Å². The smallest absolute Gasteiger partial charge is 0.462 e. The second kappa shape index (κ2) is 70.6. The minimum atomic E-state index is -5.00. The van der Waals surface area contributed by atoms with Crippen molar-refractivity contribution in [2.75, 3.05) is 39.6 Å². The molecule has 0 rings (SSSR count). The van der Waals surface area contributed by atoms with Gasteiger partial charge in [0.2, 0.25) is 0 Å². The molecule has 0 aromatic carbocycles. The number of allylic oxidation sites excluding steroid dienone is 21. The molecule has 98 heavy (non-hydrogen) atoms. The molecular formula is C79H132O17P2. The Morgan fingerprint density at radius 2 is 0.592 bits per heavy atom. The maximum atomic E-state index is 13.1. The highest BCUT2D eigenvalue weighted by Gasteiger charge is 2.30. The molecule has 0 saturated carbocycles. The molecule has 0 aliphatic carbocycles. The first-order valence-corrected chi connectivity index (χ1v) is 40.4. The average molecular weight is 1420 g/mol. The molecule has 3 N–H and O–H groups in total. The summed E-state index contributed by atoms with van der Waals surface area (Å²) in [4.78, 5) is 72.7. The third-order valence-electron chi connectivity index (χ3n) is 15.1. The van der Waals surface area contributed by atoms with Crippen LogP contribution in [0.4, 0.5) is 0 Å². The van der Waals surface area contributed by atoms with E-state index in [0.29, 0.717) is 25.7 Å².